The second-order valence-electron chi connectivity index (χ2n) is 4.76. The molecule has 0 aromatic heterocycles. The molecule has 3 nitrogen and oxygen atoms in total. The van der Waals surface area contributed by atoms with Crippen LogP contribution < -0.4 is 0 Å². The number of aliphatic hydroxyl groups excluding tert-OH is 1. The smallest absolute Gasteiger partial charge is 0.209 e. The molecule has 1 saturated carbocycles. The maximum atomic E-state index is 9.93. The Morgan fingerprint density at radius 2 is 1.67 bits per heavy atom. The van der Waals surface area contributed by atoms with E-state index in [0.717, 1.165) is 38.3 Å². The Labute approximate surface area is 92.5 Å². The first kappa shape index (κ1) is 12.5. The number of rotatable bonds is 1. The summed E-state index contributed by atoms with van der Waals surface area (Å²) in [6.45, 7) is 4.21. The fourth-order valence-electron chi connectivity index (χ4n) is 2.09. The fourth-order valence-corrected chi connectivity index (χ4v) is 2.09. The Morgan fingerprint density at radius 1 is 1.13 bits per heavy atom. The van der Waals surface area contributed by atoms with Crippen molar-refractivity contribution in [3.8, 4) is 0 Å². The summed E-state index contributed by atoms with van der Waals surface area (Å²) in [5, 5.41) is 9.03. The molecule has 3 heteroatoms. The summed E-state index contributed by atoms with van der Waals surface area (Å²) >= 11 is 0. The fraction of sp³-hybridized carbons (Fsp3) is 0.917. The van der Waals surface area contributed by atoms with Crippen molar-refractivity contribution in [2.45, 2.75) is 51.6 Å². The summed E-state index contributed by atoms with van der Waals surface area (Å²) in [7, 11) is 0. The van der Waals surface area contributed by atoms with Crippen LogP contribution in [0, 0.1) is 5.92 Å². The normalized spacial score (nSPS) is 30.7. The molecule has 1 aliphatic heterocycles. The van der Waals surface area contributed by atoms with Crippen LogP contribution >= 0.6 is 0 Å². The minimum atomic E-state index is 0.0196. The van der Waals surface area contributed by atoms with Gasteiger partial charge in [0.05, 0.1) is 6.10 Å². The van der Waals surface area contributed by atoms with E-state index in [2.05, 4.69) is 6.92 Å². The molecule has 0 atom stereocenters. The van der Waals surface area contributed by atoms with Crippen LogP contribution in [-0.4, -0.2) is 35.6 Å². The standard InChI is InChI=1S/C7H14O.C5H9NO/c1-6-2-4-7(8)5-3-6;7-5-6-3-1-2-4-6/h6-8H,2-5H2,1H3;5H,1-4H2. The number of hydrogen-bond donors (Lipinski definition) is 1. The monoisotopic (exact) mass is 213 g/mol. The Morgan fingerprint density at radius 3 is 2.00 bits per heavy atom. The average molecular weight is 213 g/mol. The van der Waals surface area contributed by atoms with Gasteiger partial charge in [-0.05, 0) is 44.4 Å². The van der Waals surface area contributed by atoms with Crippen molar-refractivity contribution >= 4 is 6.41 Å². The summed E-state index contributed by atoms with van der Waals surface area (Å²) < 4.78 is 0. The molecule has 0 radical (unpaired) electrons. The molecule has 0 spiro atoms. The summed E-state index contributed by atoms with van der Waals surface area (Å²) in [6.07, 6.45) is 7.83. The Hall–Kier alpha value is -0.570. The van der Waals surface area contributed by atoms with Crippen molar-refractivity contribution in [3.63, 3.8) is 0 Å². The molecule has 0 bridgehead atoms. The summed E-state index contributed by atoms with van der Waals surface area (Å²) in [5.74, 6) is 0.860. The molecule has 0 unspecified atom stereocenters. The number of hydrogen-bond acceptors (Lipinski definition) is 2. The van der Waals surface area contributed by atoms with Gasteiger partial charge in [0.1, 0.15) is 0 Å². The van der Waals surface area contributed by atoms with Crippen molar-refractivity contribution in [1.82, 2.24) is 4.90 Å². The zero-order valence-electron chi connectivity index (χ0n) is 9.69. The first-order valence-corrected chi connectivity index (χ1v) is 6.09. The van der Waals surface area contributed by atoms with Crippen molar-refractivity contribution in [1.29, 1.82) is 0 Å². The predicted octanol–water partition coefficient (Wildman–Crippen LogP) is 1.80. The maximum absolute atomic E-state index is 9.93. The number of carbonyl (C=O) groups is 1. The van der Waals surface area contributed by atoms with Crippen molar-refractivity contribution in [2.24, 2.45) is 5.92 Å². The van der Waals surface area contributed by atoms with E-state index in [0.29, 0.717) is 0 Å². The first-order valence-electron chi connectivity index (χ1n) is 6.09. The minimum Gasteiger partial charge on any atom is -0.393 e. The van der Waals surface area contributed by atoms with Gasteiger partial charge in [-0.15, -0.1) is 0 Å². The van der Waals surface area contributed by atoms with E-state index in [4.69, 9.17) is 5.11 Å². The largest absolute Gasteiger partial charge is 0.393 e. The van der Waals surface area contributed by atoms with E-state index in [9.17, 15) is 4.79 Å². The Bertz CT molecular complexity index is 160. The Kier molecular flexibility index (Phi) is 5.69. The van der Waals surface area contributed by atoms with Gasteiger partial charge in [-0.1, -0.05) is 6.92 Å². The second kappa shape index (κ2) is 6.83. The first-order chi connectivity index (χ1) is 7.22. The lowest BCUT2D eigenvalue weighted by atomic mass is 9.89. The number of likely N-dealkylation sites (tertiary alicyclic amines) is 1. The highest BCUT2D eigenvalue weighted by Gasteiger charge is 2.14. The lowest BCUT2D eigenvalue weighted by Crippen LogP contribution is -2.15. The van der Waals surface area contributed by atoms with Gasteiger partial charge in [-0.3, -0.25) is 4.79 Å². The number of carbonyl (C=O) groups excluding carboxylic acids is 1. The summed E-state index contributed by atoms with van der Waals surface area (Å²) in [6, 6.07) is 0. The molecule has 0 aromatic rings. The van der Waals surface area contributed by atoms with E-state index >= 15 is 0 Å². The van der Waals surface area contributed by atoms with Crippen LogP contribution in [0.3, 0.4) is 0 Å². The van der Waals surface area contributed by atoms with Gasteiger partial charge in [0, 0.05) is 13.1 Å². The van der Waals surface area contributed by atoms with Crippen molar-refractivity contribution < 1.29 is 9.90 Å². The lowest BCUT2D eigenvalue weighted by Gasteiger charge is -2.21. The van der Waals surface area contributed by atoms with E-state index < -0.39 is 0 Å². The van der Waals surface area contributed by atoms with Crippen LogP contribution in [0.2, 0.25) is 0 Å². The summed E-state index contributed by atoms with van der Waals surface area (Å²) in [4.78, 5) is 11.7. The zero-order chi connectivity index (χ0) is 11.1. The van der Waals surface area contributed by atoms with Crippen LogP contribution in [-0.2, 0) is 4.79 Å². The molecule has 1 aliphatic carbocycles. The summed E-state index contributed by atoms with van der Waals surface area (Å²) in [5.41, 5.74) is 0. The van der Waals surface area contributed by atoms with Crippen LogP contribution in [0.15, 0.2) is 0 Å². The maximum Gasteiger partial charge on any atom is 0.209 e. The predicted molar refractivity (Wildman–Crippen MR) is 60.5 cm³/mol. The van der Waals surface area contributed by atoms with Gasteiger partial charge in [0.2, 0.25) is 6.41 Å². The van der Waals surface area contributed by atoms with E-state index in [1.165, 1.54) is 25.7 Å². The minimum absolute atomic E-state index is 0.0196. The highest BCUT2D eigenvalue weighted by atomic mass is 16.3. The third-order valence-electron chi connectivity index (χ3n) is 3.28. The van der Waals surface area contributed by atoms with Gasteiger partial charge in [0.25, 0.3) is 0 Å². The SMILES string of the molecule is CC1CCC(O)CC1.O=CN1CCCC1. The highest BCUT2D eigenvalue weighted by Crippen LogP contribution is 2.22. The molecule has 88 valence electrons. The van der Waals surface area contributed by atoms with Crippen LogP contribution in [0.4, 0.5) is 0 Å². The van der Waals surface area contributed by atoms with Crippen molar-refractivity contribution in [2.75, 3.05) is 13.1 Å². The quantitative estimate of drug-likeness (QED) is 0.675. The third kappa shape index (κ3) is 5.17. The molecule has 15 heavy (non-hydrogen) atoms. The number of nitrogens with zero attached hydrogens (tertiary/aromatic N) is 1. The molecule has 1 heterocycles. The van der Waals surface area contributed by atoms with Gasteiger partial charge >= 0.3 is 0 Å². The van der Waals surface area contributed by atoms with E-state index in [1.807, 2.05) is 0 Å². The molecular weight excluding hydrogens is 190 g/mol. The molecular formula is C12H23NO2. The molecule has 1 amide bonds. The highest BCUT2D eigenvalue weighted by molar-refractivity contribution is 5.47. The van der Waals surface area contributed by atoms with Crippen LogP contribution in [0.5, 0.6) is 0 Å². The van der Waals surface area contributed by atoms with Gasteiger partial charge < -0.3 is 10.0 Å². The molecule has 2 fully saturated rings. The molecule has 0 aromatic carbocycles. The molecule has 2 aliphatic rings. The zero-order valence-corrected chi connectivity index (χ0v) is 9.69. The number of aliphatic hydroxyl groups is 1. The van der Waals surface area contributed by atoms with Crippen LogP contribution in [0.1, 0.15) is 45.4 Å². The second-order valence-corrected chi connectivity index (χ2v) is 4.76. The lowest BCUT2D eigenvalue weighted by molar-refractivity contribution is -0.117. The molecule has 2 rings (SSSR count). The van der Waals surface area contributed by atoms with E-state index in [-0.39, 0.29) is 6.10 Å². The third-order valence-corrected chi connectivity index (χ3v) is 3.28. The number of amides is 1. The van der Waals surface area contributed by atoms with Gasteiger partial charge in [-0.2, -0.15) is 0 Å². The van der Waals surface area contributed by atoms with E-state index in [1.54, 1.807) is 4.90 Å². The van der Waals surface area contributed by atoms with Gasteiger partial charge in [-0.25, -0.2) is 0 Å². The topological polar surface area (TPSA) is 40.5 Å². The van der Waals surface area contributed by atoms with Crippen molar-refractivity contribution in [3.05, 3.63) is 0 Å². The Balaban J connectivity index is 0.000000151. The van der Waals surface area contributed by atoms with Gasteiger partial charge in [0.15, 0.2) is 0 Å². The van der Waals surface area contributed by atoms with Crippen LogP contribution in [0.25, 0.3) is 0 Å². The average Bonchev–Trinajstić information content (AvgIpc) is 2.76. The molecule has 1 saturated heterocycles. The molecule has 1 N–H and O–H groups in total.